The normalized spacial score (nSPS) is 12.2. The zero-order valence-electron chi connectivity index (χ0n) is 10.8. The molecule has 1 rings (SSSR count). The second kappa shape index (κ2) is 8.11. The van der Waals surface area contributed by atoms with Crippen molar-refractivity contribution in [2.24, 2.45) is 5.92 Å². The maximum absolute atomic E-state index is 11.9. The quantitative estimate of drug-likeness (QED) is 0.742. The predicted octanol–water partition coefficient (Wildman–Crippen LogP) is 1.94. The molecule has 100 valence electrons. The van der Waals surface area contributed by atoms with E-state index in [1.165, 1.54) is 0 Å². The van der Waals surface area contributed by atoms with E-state index in [9.17, 15) is 4.79 Å². The fraction of sp³-hybridized carbons (Fsp3) is 0.538. The van der Waals surface area contributed by atoms with Crippen molar-refractivity contribution >= 4 is 17.7 Å². The first-order valence-electron chi connectivity index (χ1n) is 6.15. The van der Waals surface area contributed by atoms with Crippen LogP contribution in [0.1, 0.15) is 30.6 Å². The molecular formula is C13H20N2O2S. The van der Waals surface area contributed by atoms with E-state index in [1.54, 1.807) is 30.1 Å². The van der Waals surface area contributed by atoms with Crippen molar-refractivity contribution in [2.45, 2.75) is 25.3 Å². The highest BCUT2D eigenvalue weighted by Crippen LogP contribution is 2.15. The van der Waals surface area contributed by atoms with E-state index in [4.69, 9.17) is 5.11 Å². The smallest absolute Gasteiger partial charge is 0.251 e. The van der Waals surface area contributed by atoms with E-state index in [0.717, 1.165) is 10.8 Å². The Hall–Kier alpha value is -1.07. The number of carbonyl (C=O) groups is 1. The summed E-state index contributed by atoms with van der Waals surface area (Å²) in [6, 6.07) is 3.52. The molecule has 1 unspecified atom stereocenters. The van der Waals surface area contributed by atoms with Gasteiger partial charge in [-0.15, -0.1) is 11.8 Å². The summed E-state index contributed by atoms with van der Waals surface area (Å²) in [5.74, 6) is 1.14. The van der Waals surface area contributed by atoms with Crippen LogP contribution in [0.5, 0.6) is 0 Å². The van der Waals surface area contributed by atoms with Gasteiger partial charge in [-0.2, -0.15) is 0 Å². The van der Waals surface area contributed by atoms with E-state index in [-0.39, 0.29) is 18.4 Å². The molecule has 18 heavy (non-hydrogen) atoms. The van der Waals surface area contributed by atoms with Crippen LogP contribution in [0.2, 0.25) is 0 Å². The highest BCUT2D eigenvalue weighted by Gasteiger charge is 2.08. The van der Waals surface area contributed by atoms with Gasteiger partial charge in [-0.1, -0.05) is 13.8 Å². The molecule has 1 aromatic heterocycles. The molecule has 0 radical (unpaired) electrons. The van der Waals surface area contributed by atoms with Gasteiger partial charge in [0.15, 0.2) is 0 Å². The van der Waals surface area contributed by atoms with Gasteiger partial charge < -0.3 is 10.4 Å². The SMILES string of the molecule is CCSc1cc(C(=O)NCC(C)CCO)ccn1. The molecule has 0 aromatic carbocycles. The monoisotopic (exact) mass is 268 g/mol. The van der Waals surface area contributed by atoms with Crippen molar-refractivity contribution in [3.05, 3.63) is 23.9 Å². The number of aliphatic hydroxyl groups excluding tert-OH is 1. The lowest BCUT2D eigenvalue weighted by atomic mass is 10.1. The molecule has 0 saturated carbocycles. The summed E-state index contributed by atoms with van der Waals surface area (Å²) in [7, 11) is 0. The lowest BCUT2D eigenvalue weighted by Gasteiger charge is -2.11. The van der Waals surface area contributed by atoms with Gasteiger partial charge in [0.05, 0.1) is 5.03 Å². The Bertz CT molecular complexity index is 385. The molecule has 0 spiro atoms. The minimum atomic E-state index is -0.0832. The summed E-state index contributed by atoms with van der Waals surface area (Å²) in [6.45, 7) is 4.79. The second-order valence-electron chi connectivity index (χ2n) is 4.14. The second-order valence-corrected chi connectivity index (χ2v) is 5.43. The Morgan fingerprint density at radius 2 is 2.39 bits per heavy atom. The Kier molecular flexibility index (Phi) is 6.75. The number of aromatic nitrogens is 1. The van der Waals surface area contributed by atoms with Crippen LogP contribution in [0.4, 0.5) is 0 Å². The third kappa shape index (κ3) is 5.06. The van der Waals surface area contributed by atoms with Crippen molar-refractivity contribution in [1.29, 1.82) is 0 Å². The average molecular weight is 268 g/mol. The summed E-state index contributed by atoms with van der Waals surface area (Å²) in [5.41, 5.74) is 0.636. The van der Waals surface area contributed by atoms with Crippen LogP contribution in [0.25, 0.3) is 0 Å². The number of hydrogen-bond acceptors (Lipinski definition) is 4. The fourth-order valence-corrected chi connectivity index (χ4v) is 2.11. The van der Waals surface area contributed by atoms with Crippen molar-refractivity contribution in [3.8, 4) is 0 Å². The number of nitrogens with one attached hydrogen (secondary N) is 1. The lowest BCUT2D eigenvalue weighted by Crippen LogP contribution is -2.28. The first-order chi connectivity index (χ1) is 8.67. The summed E-state index contributed by atoms with van der Waals surface area (Å²) in [4.78, 5) is 16.1. The predicted molar refractivity (Wildman–Crippen MR) is 73.8 cm³/mol. The molecule has 0 aliphatic carbocycles. The number of aliphatic hydroxyl groups is 1. The van der Waals surface area contributed by atoms with Crippen LogP contribution < -0.4 is 5.32 Å². The largest absolute Gasteiger partial charge is 0.396 e. The molecule has 0 fully saturated rings. The number of pyridine rings is 1. The molecule has 1 heterocycles. The Labute approximate surface area is 112 Å². The summed E-state index contributed by atoms with van der Waals surface area (Å²) < 4.78 is 0. The van der Waals surface area contributed by atoms with Crippen LogP contribution in [0.15, 0.2) is 23.4 Å². The van der Waals surface area contributed by atoms with E-state index in [2.05, 4.69) is 17.2 Å². The number of hydrogen-bond donors (Lipinski definition) is 2. The lowest BCUT2D eigenvalue weighted by molar-refractivity contribution is 0.0945. The zero-order chi connectivity index (χ0) is 13.4. The van der Waals surface area contributed by atoms with Gasteiger partial charge in [0.1, 0.15) is 0 Å². The topological polar surface area (TPSA) is 62.2 Å². The molecule has 1 atom stereocenters. The molecule has 0 saturated heterocycles. The molecule has 2 N–H and O–H groups in total. The molecule has 1 aromatic rings. The standard InChI is InChI=1S/C13H20N2O2S/c1-3-18-12-8-11(4-6-14-12)13(17)15-9-10(2)5-7-16/h4,6,8,10,16H,3,5,7,9H2,1-2H3,(H,15,17). The van der Waals surface area contributed by atoms with Crippen LogP contribution in [-0.4, -0.2) is 34.9 Å². The minimum absolute atomic E-state index is 0.0832. The van der Waals surface area contributed by atoms with Gasteiger partial charge in [0.2, 0.25) is 0 Å². The molecule has 0 aliphatic heterocycles. The van der Waals surface area contributed by atoms with Crippen molar-refractivity contribution in [3.63, 3.8) is 0 Å². The molecule has 0 aliphatic rings. The Morgan fingerprint density at radius 1 is 1.61 bits per heavy atom. The van der Waals surface area contributed by atoms with Crippen molar-refractivity contribution in [1.82, 2.24) is 10.3 Å². The average Bonchev–Trinajstić information content (AvgIpc) is 2.37. The first kappa shape index (κ1) is 15.0. The summed E-state index contributed by atoms with van der Waals surface area (Å²) in [6.07, 6.45) is 2.36. The van der Waals surface area contributed by atoms with E-state index in [0.29, 0.717) is 18.5 Å². The van der Waals surface area contributed by atoms with Gasteiger partial charge in [-0.05, 0) is 30.2 Å². The van der Waals surface area contributed by atoms with Gasteiger partial charge in [0.25, 0.3) is 5.91 Å². The maximum atomic E-state index is 11.9. The summed E-state index contributed by atoms with van der Waals surface area (Å²) >= 11 is 1.62. The third-order valence-corrected chi connectivity index (χ3v) is 3.33. The molecule has 4 nitrogen and oxygen atoms in total. The molecule has 0 bridgehead atoms. The van der Waals surface area contributed by atoms with Gasteiger partial charge in [0, 0.05) is 24.9 Å². The highest BCUT2D eigenvalue weighted by atomic mass is 32.2. The number of rotatable bonds is 7. The first-order valence-corrected chi connectivity index (χ1v) is 7.13. The highest BCUT2D eigenvalue weighted by molar-refractivity contribution is 7.99. The maximum Gasteiger partial charge on any atom is 0.251 e. The number of nitrogens with zero attached hydrogens (tertiary/aromatic N) is 1. The van der Waals surface area contributed by atoms with Crippen LogP contribution in [-0.2, 0) is 0 Å². The van der Waals surface area contributed by atoms with Crippen LogP contribution in [0, 0.1) is 5.92 Å². The number of carbonyl (C=O) groups excluding carboxylic acids is 1. The van der Waals surface area contributed by atoms with E-state index >= 15 is 0 Å². The van der Waals surface area contributed by atoms with E-state index < -0.39 is 0 Å². The van der Waals surface area contributed by atoms with Crippen molar-refractivity contribution < 1.29 is 9.90 Å². The molecule has 1 amide bonds. The van der Waals surface area contributed by atoms with E-state index in [1.807, 2.05) is 6.92 Å². The number of amides is 1. The van der Waals surface area contributed by atoms with Gasteiger partial charge in [-0.3, -0.25) is 4.79 Å². The number of thioether (sulfide) groups is 1. The zero-order valence-corrected chi connectivity index (χ0v) is 11.7. The van der Waals surface area contributed by atoms with Crippen LogP contribution >= 0.6 is 11.8 Å². The minimum Gasteiger partial charge on any atom is -0.396 e. The Balaban J connectivity index is 2.53. The molecular weight excluding hydrogens is 248 g/mol. The Morgan fingerprint density at radius 3 is 3.06 bits per heavy atom. The van der Waals surface area contributed by atoms with Gasteiger partial charge in [-0.25, -0.2) is 4.98 Å². The third-order valence-electron chi connectivity index (χ3n) is 2.52. The molecule has 5 heteroatoms. The van der Waals surface area contributed by atoms with Crippen molar-refractivity contribution in [2.75, 3.05) is 18.9 Å². The fourth-order valence-electron chi connectivity index (χ4n) is 1.47. The van der Waals surface area contributed by atoms with Gasteiger partial charge >= 0.3 is 0 Å². The summed E-state index contributed by atoms with van der Waals surface area (Å²) in [5, 5.41) is 12.5. The van der Waals surface area contributed by atoms with Crippen LogP contribution in [0.3, 0.4) is 0 Å².